The molecule has 1 atom stereocenters. The lowest BCUT2D eigenvalue weighted by Gasteiger charge is -2.37. The number of halogens is 2. The van der Waals surface area contributed by atoms with Crippen LogP contribution in [0.15, 0.2) is 36.5 Å². The normalized spacial score (nSPS) is 19.2. The molecule has 26 heavy (non-hydrogen) atoms. The standard InChI is InChI=1S/C19H19F2N3O2/c20-13-5-6-14(15(21)10-13)18-16-2-1-7-23(16)8-9-24(18)17(25)11-22-19(26)12-3-4-12/h1-2,5-7,10,12,18H,3-4,8-9,11H2,(H,22,26)/t18-/m1/s1. The van der Waals surface area contributed by atoms with E-state index in [1.54, 1.807) is 4.90 Å². The fourth-order valence-electron chi connectivity index (χ4n) is 3.46. The van der Waals surface area contributed by atoms with Crippen molar-refractivity contribution in [2.75, 3.05) is 13.1 Å². The van der Waals surface area contributed by atoms with Gasteiger partial charge in [-0.15, -0.1) is 0 Å². The molecule has 2 aliphatic rings. The lowest BCUT2D eigenvalue weighted by molar-refractivity contribution is -0.135. The summed E-state index contributed by atoms with van der Waals surface area (Å²) in [7, 11) is 0. The predicted octanol–water partition coefficient (Wildman–Crippen LogP) is 2.22. The third-order valence-electron chi connectivity index (χ3n) is 4.98. The number of amides is 2. The molecule has 0 spiro atoms. The first-order chi connectivity index (χ1) is 12.5. The van der Waals surface area contributed by atoms with Crippen molar-refractivity contribution in [3.05, 3.63) is 59.4 Å². The zero-order valence-corrected chi connectivity index (χ0v) is 14.1. The lowest BCUT2D eigenvalue weighted by Crippen LogP contribution is -2.47. The summed E-state index contributed by atoms with van der Waals surface area (Å²) in [5.74, 6) is -1.72. The third kappa shape index (κ3) is 3.09. The summed E-state index contributed by atoms with van der Waals surface area (Å²) < 4.78 is 29.7. The highest BCUT2D eigenvalue weighted by Gasteiger charge is 2.35. The number of benzene rings is 1. The predicted molar refractivity (Wildman–Crippen MR) is 90.1 cm³/mol. The van der Waals surface area contributed by atoms with E-state index in [1.165, 1.54) is 12.1 Å². The molecule has 5 nitrogen and oxygen atoms in total. The quantitative estimate of drug-likeness (QED) is 0.910. The topological polar surface area (TPSA) is 54.3 Å². The largest absolute Gasteiger partial charge is 0.348 e. The van der Waals surface area contributed by atoms with Crippen LogP contribution in [0.25, 0.3) is 0 Å². The van der Waals surface area contributed by atoms with Crippen molar-refractivity contribution in [1.29, 1.82) is 0 Å². The van der Waals surface area contributed by atoms with E-state index in [2.05, 4.69) is 5.32 Å². The van der Waals surface area contributed by atoms with Gasteiger partial charge in [-0.1, -0.05) is 6.07 Å². The number of aromatic nitrogens is 1. The highest BCUT2D eigenvalue weighted by molar-refractivity contribution is 5.87. The van der Waals surface area contributed by atoms with Crippen LogP contribution in [0.3, 0.4) is 0 Å². The highest BCUT2D eigenvalue weighted by Crippen LogP contribution is 2.34. The Kier molecular flexibility index (Phi) is 4.22. The van der Waals surface area contributed by atoms with Gasteiger partial charge in [-0.2, -0.15) is 0 Å². The second-order valence-electron chi connectivity index (χ2n) is 6.77. The van der Waals surface area contributed by atoms with Gasteiger partial charge < -0.3 is 14.8 Å². The van der Waals surface area contributed by atoms with Gasteiger partial charge in [0.15, 0.2) is 0 Å². The van der Waals surface area contributed by atoms with Gasteiger partial charge in [0.1, 0.15) is 17.7 Å². The number of carbonyl (C=O) groups excluding carboxylic acids is 2. The van der Waals surface area contributed by atoms with Crippen LogP contribution in [0.4, 0.5) is 8.78 Å². The number of fused-ring (bicyclic) bond motifs is 1. The molecule has 1 aromatic carbocycles. The van der Waals surface area contributed by atoms with Crippen LogP contribution in [0.1, 0.15) is 30.1 Å². The Balaban J connectivity index is 1.62. The molecule has 136 valence electrons. The summed E-state index contributed by atoms with van der Waals surface area (Å²) in [6, 6.07) is 6.42. The van der Waals surface area contributed by atoms with Crippen LogP contribution in [0.5, 0.6) is 0 Å². The first-order valence-electron chi connectivity index (χ1n) is 8.72. The van der Waals surface area contributed by atoms with Crippen LogP contribution in [-0.2, 0) is 16.1 Å². The molecule has 0 saturated heterocycles. The van der Waals surface area contributed by atoms with Crippen molar-refractivity contribution in [1.82, 2.24) is 14.8 Å². The molecule has 0 radical (unpaired) electrons. The second-order valence-corrected chi connectivity index (χ2v) is 6.77. The Morgan fingerprint density at radius 3 is 2.69 bits per heavy atom. The van der Waals surface area contributed by atoms with Crippen molar-refractivity contribution in [2.45, 2.75) is 25.4 Å². The summed E-state index contributed by atoms with van der Waals surface area (Å²) in [4.78, 5) is 26.1. The number of rotatable bonds is 4. The van der Waals surface area contributed by atoms with Crippen molar-refractivity contribution in [3.63, 3.8) is 0 Å². The van der Waals surface area contributed by atoms with Crippen molar-refractivity contribution >= 4 is 11.8 Å². The Labute approximate surface area is 149 Å². The van der Waals surface area contributed by atoms with Gasteiger partial charge in [0, 0.05) is 42.5 Å². The van der Waals surface area contributed by atoms with E-state index in [4.69, 9.17) is 0 Å². The van der Waals surface area contributed by atoms with Crippen LogP contribution in [-0.4, -0.2) is 34.4 Å². The molecule has 1 aromatic heterocycles. The van der Waals surface area contributed by atoms with E-state index in [-0.39, 0.29) is 29.8 Å². The average Bonchev–Trinajstić information content (AvgIpc) is 3.36. The number of nitrogens with zero attached hydrogens (tertiary/aromatic N) is 2. The SMILES string of the molecule is O=C(NCC(=O)N1CCn2cccc2[C@H]1c1ccc(F)cc1F)C1CC1. The maximum atomic E-state index is 14.4. The smallest absolute Gasteiger partial charge is 0.242 e. The maximum absolute atomic E-state index is 14.4. The Morgan fingerprint density at radius 1 is 1.15 bits per heavy atom. The van der Waals surface area contributed by atoms with E-state index in [1.807, 2.05) is 22.9 Å². The molecule has 1 aliphatic carbocycles. The van der Waals surface area contributed by atoms with Gasteiger partial charge >= 0.3 is 0 Å². The molecule has 1 aliphatic heterocycles. The first kappa shape index (κ1) is 16.8. The number of nitrogens with one attached hydrogen (secondary N) is 1. The van der Waals surface area contributed by atoms with Gasteiger partial charge in [-0.25, -0.2) is 8.78 Å². The molecule has 2 amide bonds. The highest BCUT2D eigenvalue weighted by atomic mass is 19.1. The summed E-state index contributed by atoms with van der Waals surface area (Å²) in [5, 5.41) is 2.66. The van der Waals surface area contributed by atoms with Crippen molar-refractivity contribution in [3.8, 4) is 0 Å². The van der Waals surface area contributed by atoms with E-state index in [0.717, 1.165) is 24.6 Å². The van der Waals surface area contributed by atoms with E-state index < -0.39 is 17.7 Å². The lowest BCUT2D eigenvalue weighted by atomic mass is 9.99. The number of carbonyl (C=O) groups is 2. The van der Waals surface area contributed by atoms with E-state index in [9.17, 15) is 18.4 Å². The molecule has 7 heteroatoms. The monoisotopic (exact) mass is 359 g/mol. The van der Waals surface area contributed by atoms with Gasteiger partial charge in [0.05, 0.1) is 6.54 Å². The van der Waals surface area contributed by atoms with Crippen LogP contribution in [0.2, 0.25) is 0 Å². The number of hydrogen-bond acceptors (Lipinski definition) is 2. The molecule has 1 N–H and O–H groups in total. The first-order valence-corrected chi connectivity index (χ1v) is 8.72. The van der Waals surface area contributed by atoms with Gasteiger partial charge in [0.2, 0.25) is 11.8 Å². The van der Waals surface area contributed by atoms with Crippen molar-refractivity contribution < 1.29 is 18.4 Å². The van der Waals surface area contributed by atoms with E-state index >= 15 is 0 Å². The Hall–Kier alpha value is -2.70. The fourth-order valence-corrected chi connectivity index (χ4v) is 3.46. The van der Waals surface area contributed by atoms with Crippen LogP contribution >= 0.6 is 0 Å². The third-order valence-corrected chi connectivity index (χ3v) is 4.98. The molecular formula is C19H19F2N3O2. The maximum Gasteiger partial charge on any atom is 0.242 e. The molecule has 1 saturated carbocycles. The molecule has 4 rings (SSSR count). The van der Waals surface area contributed by atoms with Crippen molar-refractivity contribution in [2.24, 2.45) is 5.92 Å². The Morgan fingerprint density at radius 2 is 1.96 bits per heavy atom. The fraction of sp³-hybridized carbons (Fsp3) is 0.368. The molecular weight excluding hydrogens is 340 g/mol. The molecule has 2 aromatic rings. The van der Waals surface area contributed by atoms with Gasteiger partial charge in [-0.05, 0) is 31.0 Å². The van der Waals surface area contributed by atoms with E-state index in [0.29, 0.717) is 13.1 Å². The van der Waals surface area contributed by atoms with Crippen LogP contribution in [0, 0.1) is 17.6 Å². The molecule has 0 unspecified atom stereocenters. The molecule has 2 heterocycles. The van der Waals surface area contributed by atoms with Crippen LogP contribution < -0.4 is 5.32 Å². The summed E-state index contributed by atoms with van der Waals surface area (Å²) >= 11 is 0. The summed E-state index contributed by atoms with van der Waals surface area (Å²) in [6.45, 7) is 0.862. The minimum Gasteiger partial charge on any atom is -0.348 e. The van der Waals surface area contributed by atoms with Gasteiger partial charge in [-0.3, -0.25) is 9.59 Å². The second kappa shape index (κ2) is 6.55. The Bertz CT molecular complexity index is 860. The van der Waals surface area contributed by atoms with Gasteiger partial charge in [0.25, 0.3) is 0 Å². The molecule has 0 bridgehead atoms. The average molecular weight is 359 g/mol. The zero-order chi connectivity index (χ0) is 18.3. The number of hydrogen-bond donors (Lipinski definition) is 1. The summed E-state index contributed by atoms with van der Waals surface area (Å²) in [6.07, 6.45) is 3.60. The summed E-state index contributed by atoms with van der Waals surface area (Å²) in [5.41, 5.74) is 1.01. The molecule has 1 fully saturated rings. The minimum atomic E-state index is -0.690. The minimum absolute atomic E-state index is 0.0201. The zero-order valence-electron chi connectivity index (χ0n) is 14.1.